The first-order valence-corrected chi connectivity index (χ1v) is 9.91. The molecule has 0 saturated heterocycles. The molecule has 148 valence electrons. The molecule has 2 aromatic rings. The Morgan fingerprint density at radius 3 is 2.32 bits per heavy atom. The molecule has 2 amide bonds. The number of benzene rings is 2. The predicted molar refractivity (Wildman–Crippen MR) is 107 cm³/mol. The Balaban J connectivity index is 1.74. The van der Waals surface area contributed by atoms with Crippen molar-refractivity contribution in [1.82, 2.24) is 10.2 Å². The molecular formula is C23H27FN2O2. The number of amides is 2. The van der Waals surface area contributed by atoms with Gasteiger partial charge < -0.3 is 10.2 Å². The number of hydrogen-bond acceptors (Lipinski definition) is 2. The highest BCUT2D eigenvalue weighted by Gasteiger charge is 2.28. The second kappa shape index (κ2) is 9.49. The van der Waals surface area contributed by atoms with E-state index in [0.29, 0.717) is 0 Å². The van der Waals surface area contributed by atoms with Crippen molar-refractivity contribution in [1.29, 1.82) is 0 Å². The van der Waals surface area contributed by atoms with E-state index in [-0.39, 0.29) is 36.6 Å². The molecule has 0 radical (unpaired) electrons. The molecule has 0 spiro atoms. The normalized spacial score (nSPS) is 15.2. The Kier molecular flexibility index (Phi) is 6.80. The van der Waals surface area contributed by atoms with Crippen LogP contribution >= 0.6 is 0 Å². The van der Waals surface area contributed by atoms with Crippen LogP contribution in [0.3, 0.4) is 0 Å². The first-order valence-electron chi connectivity index (χ1n) is 9.91. The van der Waals surface area contributed by atoms with Gasteiger partial charge in [-0.2, -0.15) is 0 Å². The quantitative estimate of drug-likeness (QED) is 0.791. The second-order valence-electron chi connectivity index (χ2n) is 7.48. The monoisotopic (exact) mass is 382 g/mol. The van der Waals surface area contributed by atoms with E-state index in [4.69, 9.17) is 0 Å². The number of nitrogens with one attached hydrogen (secondary N) is 1. The molecule has 1 saturated carbocycles. The first-order chi connectivity index (χ1) is 13.5. The second-order valence-corrected chi connectivity index (χ2v) is 7.48. The number of halogens is 1. The summed E-state index contributed by atoms with van der Waals surface area (Å²) in [5, 5.41) is 3.08. The summed E-state index contributed by atoms with van der Waals surface area (Å²) in [5.74, 6) is -0.571. The van der Waals surface area contributed by atoms with E-state index in [1.165, 1.54) is 12.1 Å². The van der Waals surface area contributed by atoms with Crippen LogP contribution in [-0.2, 0) is 22.6 Å². The van der Waals surface area contributed by atoms with E-state index in [1.807, 2.05) is 30.3 Å². The minimum atomic E-state index is -0.595. The molecule has 1 atom stereocenters. The molecule has 28 heavy (non-hydrogen) atoms. The fourth-order valence-electron chi connectivity index (χ4n) is 3.63. The third-order valence-corrected chi connectivity index (χ3v) is 5.33. The SMILES string of the molecule is C[C@@H](C(=O)NC1CCCC1)N(Cc1ccc(F)cc1)C(=O)Cc1ccccc1. The number of nitrogens with zero attached hydrogens (tertiary/aromatic N) is 1. The van der Waals surface area contributed by atoms with E-state index < -0.39 is 6.04 Å². The average Bonchev–Trinajstić information content (AvgIpc) is 3.20. The largest absolute Gasteiger partial charge is 0.352 e. The summed E-state index contributed by atoms with van der Waals surface area (Å²) in [6.07, 6.45) is 4.48. The van der Waals surface area contributed by atoms with Crippen LogP contribution in [0.4, 0.5) is 4.39 Å². The molecule has 0 aromatic heterocycles. The molecule has 1 aliphatic carbocycles. The maximum absolute atomic E-state index is 13.2. The zero-order valence-corrected chi connectivity index (χ0v) is 16.2. The van der Waals surface area contributed by atoms with E-state index in [2.05, 4.69) is 5.32 Å². The molecule has 1 N–H and O–H groups in total. The van der Waals surface area contributed by atoms with Crippen molar-refractivity contribution in [3.8, 4) is 0 Å². The van der Waals surface area contributed by atoms with Crippen molar-refractivity contribution in [3.05, 3.63) is 71.5 Å². The van der Waals surface area contributed by atoms with Crippen molar-refractivity contribution < 1.29 is 14.0 Å². The molecule has 5 heteroatoms. The molecule has 0 unspecified atom stereocenters. The summed E-state index contributed by atoms with van der Waals surface area (Å²) in [6, 6.07) is 15.1. The third kappa shape index (κ3) is 5.41. The zero-order chi connectivity index (χ0) is 19.9. The van der Waals surface area contributed by atoms with Crippen LogP contribution in [0.5, 0.6) is 0 Å². The van der Waals surface area contributed by atoms with E-state index in [0.717, 1.165) is 36.8 Å². The van der Waals surface area contributed by atoms with Crippen molar-refractivity contribution in [2.75, 3.05) is 0 Å². The van der Waals surface area contributed by atoms with Gasteiger partial charge in [0.05, 0.1) is 6.42 Å². The Morgan fingerprint density at radius 1 is 1.04 bits per heavy atom. The topological polar surface area (TPSA) is 49.4 Å². The van der Waals surface area contributed by atoms with Gasteiger partial charge in [0.2, 0.25) is 11.8 Å². The van der Waals surface area contributed by atoms with Crippen LogP contribution < -0.4 is 5.32 Å². The van der Waals surface area contributed by atoms with Gasteiger partial charge in [-0.05, 0) is 43.0 Å². The van der Waals surface area contributed by atoms with Gasteiger partial charge in [-0.15, -0.1) is 0 Å². The molecule has 1 aliphatic rings. The molecule has 0 heterocycles. The summed E-state index contributed by atoms with van der Waals surface area (Å²) in [6.45, 7) is 2.03. The van der Waals surface area contributed by atoms with Crippen molar-refractivity contribution in [3.63, 3.8) is 0 Å². The van der Waals surface area contributed by atoms with Crippen molar-refractivity contribution in [2.45, 2.75) is 57.7 Å². The first kappa shape index (κ1) is 20.1. The fourth-order valence-corrected chi connectivity index (χ4v) is 3.63. The van der Waals surface area contributed by atoms with Gasteiger partial charge >= 0.3 is 0 Å². The van der Waals surface area contributed by atoms with Crippen LogP contribution in [-0.4, -0.2) is 28.8 Å². The number of carbonyl (C=O) groups excluding carboxylic acids is 2. The van der Waals surface area contributed by atoms with E-state index >= 15 is 0 Å². The Labute approximate surface area is 165 Å². The minimum absolute atomic E-state index is 0.121. The lowest BCUT2D eigenvalue weighted by Crippen LogP contribution is -2.50. The molecule has 4 nitrogen and oxygen atoms in total. The molecule has 2 aromatic carbocycles. The molecule has 1 fully saturated rings. The maximum atomic E-state index is 13.2. The summed E-state index contributed by atoms with van der Waals surface area (Å²) in [4.78, 5) is 27.4. The highest BCUT2D eigenvalue weighted by molar-refractivity contribution is 5.88. The van der Waals surface area contributed by atoms with Gasteiger partial charge in [0.25, 0.3) is 0 Å². The summed E-state index contributed by atoms with van der Waals surface area (Å²) in [7, 11) is 0. The summed E-state index contributed by atoms with van der Waals surface area (Å²) in [5.41, 5.74) is 1.70. The number of hydrogen-bond donors (Lipinski definition) is 1. The number of carbonyl (C=O) groups is 2. The lowest BCUT2D eigenvalue weighted by Gasteiger charge is -2.30. The standard InChI is InChI=1S/C23H27FN2O2/c1-17(23(28)25-21-9-5-6-10-21)26(16-19-11-13-20(24)14-12-19)22(27)15-18-7-3-2-4-8-18/h2-4,7-8,11-14,17,21H,5-6,9-10,15-16H2,1H3,(H,25,28)/t17-/m0/s1. The highest BCUT2D eigenvalue weighted by atomic mass is 19.1. The Hall–Kier alpha value is -2.69. The number of rotatable bonds is 7. The van der Waals surface area contributed by atoms with Gasteiger partial charge in [-0.3, -0.25) is 9.59 Å². The van der Waals surface area contributed by atoms with Crippen LogP contribution in [0.25, 0.3) is 0 Å². The lowest BCUT2D eigenvalue weighted by atomic mass is 10.1. The van der Waals surface area contributed by atoms with Crippen LogP contribution in [0.2, 0.25) is 0 Å². The maximum Gasteiger partial charge on any atom is 0.242 e. The van der Waals surface area contributed by atoms with Crippen molar-refractivity contribution >= 4 is 11.8 Å². The van der Waals surface area contributed by atoms with Crippen LogP contribution in [0.1, 0.15) is 43.7 Å². The zero-order valence-electron chi connectivity index (χ0n) is 16.2. The van der Waals surface area contributed by atoms with Gasteiger partial charge in [0.15, 0.2) is 0 Å². The highest BCUT2D eigenvalue weighted by Crippen LogP contribution is 2.19. The van der Waals surface area contributed by atoms with Gasteiger partial charge in [0, 0.05) is 12.6 Å². The average molecular weight is 382 g/mol. The van der Waals surface area contributed by atoms with Gasteiger partial charge in [-0.25, -0.2) is 4.39 Å². The smallest absolute Gasteiger partial charge is 0.242 e. The molecule has 3 rings (SSSR count). The Bertz CT molecular complexity index is 786. The predicted octanol–water partition coefficient (Wildman–Crippen LogP) is 3.84. The van der Waals surface area contributed by atoms with E-state index in [9.17, 15) is 14.0 Å². The third-order valence-electron chi connectivity index (χ3n) is 5.33. The van der Waals surface area contributed by atoms with Crippen LogP contribution in [0.15, 0.2) is 54.6 Å². The van der Waals surface area contributed by atoms with Gasteiger partial charge in [-0.1, -0.05) is 55.3 Å². The molecule has 0 aliphatic heterocycles. The fraction of sp³-hybridized carbons (Fsp3) is 0.391. The minimum Gasteiger partial charge on any atom is -0.352 e. The summed E-state index contributed by atoms with van der Waals surface area (Å²) < 4.78 is 13.2. The van der Waals surface area contributed by atoms with Crippen LogP contribution in [0, 0.1) is 5.82 Å². The van der Waals surface area contributed by atoms with E-state index in [1.54, 1.807) is 24.0 Å². The van der Waals surface area contributed by atoms with Gasteiger partial charge in [0.1, 0.15) is 11.9 Å². The summed E-state index contributed by atoms with van der Waals surface area (Å²) >= 11 is 0. The lowest BCUT2D eigenvalue weighted by molar-refractivity contribution is -0.140. The molecule has 0 bridgehead atoms. The Morgan fingerprint density at radius 2 is 1.68 bits per heavy atom. The molecular weight excluding hydrogens is 355 g/mol. The van der Waals surface area contributed by atoms with Crippen molar-refractivity contribution in [2.24, 2.45) is 0 Å².